The first-order valence-electron chi connectivity index (χ1n) is 3.46. The summed E-state index contributed by atoms with van der Waals surface area (Å²) in [6.07, 6.45) is 2.93. The standard InChI is InChI=1S/C8H10N2O2/c1-6-3-8(12-2)9-4-7(6)5-10-11/h3-5,11H,1-2H3/b10-5-. The molecule has 4 heteroatoms. The van der Waals surface area contributed by atoms with Crippen LogP contribution in [0, 0.1) is 6.92 Å². The summed E-state index contributed by atoms with van der Waals surface area (Å²) in [5.74, 6) is 0.558. The molecule has 1 aromatic rings. The molecule has 0 aliphatic heterocycles. The molecule has 1 rings (SSSR count). The van der Waals surface area contributed by atoms with E-state index in [1.807, 2.05) is 6.92 Å². The molecule has 0 unspecified atom stereocenters. The van der Waals surface area contributed by atoms with Crippen molar-refractivity contribution in [1.29, 1.82) is 0 Å². The van der Waals surface area contributed by atoms with E-state index in [2.05, 4.69) is 10.1 Å². The zero-order chi connectivity index (χ0) is 8.97. The van der Waals surface area contributed by atoms with Crippen molar-refractivity contribution in [3.63, 3.8) is 0 Å². The number of rotatable bonds is 2. The van der Waals surface area contributed by atoms with Crippen molar-refractivity contribution in [1.82, 2.24) is 4.98 Å². The van der Waals surface area contributed by atoms with Crippen LogP contribution in [0.15, 0.2) is 17.4 Å². The van der Waals surface area contributed by atoms with Crippen LogP contribution in [0.4, 0.5) is 0 Å². The van der Waals surface area contributed by atoms with E-state index in [9.17, 15) is 0 Å². The van der Waals surface area contributed by atoms with Crippen LogP contribution in [0.25, 0.3) is 0 Å². The first-order valence-corrected chi connectivity index (χ1v) is 3.46. The first-order chi connectivity index (χ1) is 5.77. The predicted octanol–water partition coefficient (Wildman–Crippen LogP) is 1.21. The molecule has 4 nitrogen and oxygen atoms in total. The highest BCUT2D eigenvalue weighted by Gasteiger charge is 1.98. The molecule has 64 valence electrons. The molecule has 0 saturated heterocycles. The largest absolute Gasteiger partial charge is 0.481 e. The summed E-state index contributed by atoms with van der Waals surface area (Å²) in [4.78, 5) is 3.95. The Balaban J connectivity index is 3.03. The Morgan fingerprint density at radius 1 is 1.67 bits per heavy atom. The Hall–Kier alpha value is -1.58. The zero-order valence-electron chi connectivity index (χ0n) is 6.98. The van der Waals surface area contributed by atoms with E-state index in [1.165, 1.54) is 6.21 Å². The average molecular weight is 166 g/mol. The smallest absolute Gasteiger partial charge is 0.213 e. The molecule has 1 N–H and O–H groups in total. The van der Waals surface area contributed by atoms with Crippen molar-refractivity contribution < 1.29 is 9.94 Å². The van der Waals surface area contributed by atoms with E-state index in [4.69, 9.17) is 9.94 Å². The van der Waals surface area contributed by atoms with Gasteiger partial charge in [0.2, 0.25) is 5.88 Å². The van der Waals surface area contributed by atoms with E-state index >= 15 is 0 Å². The lowest BCUT2D eigenvalue weighted by atomic mass is 10.2. The van der Waals surface area contributed by atoms with Crippen LogP contribution in [0.5, 0.6) is 5.88 Å². The number of ether oxygens (including phenoxy) is 1. The maximum atomic E-state index is 8.28. The SMILES string of the molecule is COc1cc(C)c(/C=N\O)cn1. The van der Waals surface area contributed by atoms with Crippen LogP contribution >= 0.6 is 0 Å². The lowest BCUT2D eigenvalue weighted by Crippen LogP contribution is -1.92. The highest BCUT2D eigenvalue weighted by Crippen LogP contribution is 2.11. The van der Waals surface area contributed by atoms with Gasteiger partial charge in [0.15, 0.2) is 0 Å². The fraction of sp³-hybridized carbons (Fsp3) is 0.250. The monoisotopic (exact) mass is 166 g/mol. The Kier molecular flexibility index (Phi) is 2.63. The number of hydrogen-bond acceptors (Lipinski definition) is 4. The van der Waals surface area contributed by atoms with Crippen LogP contribution in [-0.4, -0.2) is 23.5 Å². The molecule has 0 spiro atoms. The second-order valence-electron chi connectivity index (χ2n) is 2.33. The van der Waals surface area contributed by atoms with Gasteiger partial charge in [-0.2, -0.15) is 0 Å². The minimum atomic E-state index is 0.558. The Morgan fingerprint density at radius 2 is 2.42 bits per heavy atom. The minimum Gasteiger partial charge on any atom is -0.481 e. The van der Waals surface area contributed by atoms with Gasteiger partial charge in [0, 0.05) is 17.8 Å². The lowest BCUT2D eigenvalue weighted by Gasteiger charge is -2.01. The van der Waals surface area contributed by atoms with Gasteiger partial charge in [-0.25, -0.2) is 4.98 Å². The molecule has 0 fully saturated rings. The molecule has 0 radical (unpaired) electrons. The number of nitrogens with zero attached hydrogens (tertiary/aromatic N) is 2. The molecular formula is C8H10N2O2. The fourth-order valence-corrected chi connectivity index (χ4v) is 0.850. The van der Waals surface area contributed by atoms with E-state index in [-0.39, 0.29) is 0 Å². The van der Waals surface area contributed by atoms with Crippen LogP contribution < -0.4 is 4.74 Å². The molecule has 0 amide bonds. The Labute approximate surface area is 70.5 Å². The quantitative estimate of drug-likeness (QED) is 0.408. The molecule has 0 aliphatic rings. The predicted molar refractivity (Wildman–Crippen MR) is 44.9 cm³/mol. The van der Waals surface area contributed by atoms with Crippen molar-refractivity contribution in [2.45, 2.75) is 6.92 Å². The molecule has 0 atom stereocenters. The maximum Gasteiger partial charge on any atom is 0.213 e. The highest BCUT2D eigenvalue weighted by atomic mass is 16.5. The average Bonchev–Trinajstić information content (AvgIpc) is 2.09. The molecular weight excluding hydrogens is 156 g/mol. The van der Waals surface area contributed by atoms with Crippen molar-refractivity contribution in [2.24, 2.45) is 5.16 Å². The van der Waals surface area contributed by atoms with Crippen LogP contribution in [0.2, 0.25) is 0 Å². The van der Waals surface area contributed by atoms with E-state index in [0.29, 0.717) is 5.88 Å². The van der Waals surface area contributed by atoms with Crippen molar-refractivity contribution in [2.75, 3.05) is 7.11 Å². The van der Waals surface area contributed by atoms with Crippen LogP contribution in [-0.2, 0) is 0 Å². The number of hydrogen-bond donors (Lipinski definition) is 1. The zero-order valence-corrected chi connectivity index (χ0v) is 6.98. The molecule has 0 bridgehead atoms. The highest BCUT2D eigenvalue weighted by molar-refractivity contribution is 5.80. The minimum absolute atomic E-state index is 0.558. The summed E-state index contributed by atoms with van der Waals surface area (Å²) < 4.78 is 4.91. The third-order valence-electron chi connectivity index (χ3n) is 1.53. The number of oxime groups is 1. The van der Waals surface area contributed by atoms with Gasteiger partial charge in [-0.1, -0.05) is 5.16 Å². The third kappa shape index (κ3) is 1.72. The van der Waals surface area contributed by atoms with Gasteiger partial charge in [-0.15, -0.1) is 0 Å². The van der Waals surface area contributed by atoms with E-state index in [0.717, 1.165) is 11.1 Å². The Morgan fingerprint density at radius 3 is 2.92 bits per heavy atom. The number of pyridine rings is 1. The van der Waals surface area contributed by atoms with Crippen molar-refractivity contribution >= 4 is 6.21 Å². The van der Waals surface area contributed by atoms with Gasteiger partial charge in [0.05, 0.1) is 13.3 Å². The Bertz CT molecular complexity index is 297. The maximum absolute atomic E-state index is 8.28. The summed E-state index contributed by atoms with van der Waals surface area (Å²) in [7, 11) is 1.56. The van der Waals surface area contributed by atoms with Gasteiger partial charge in [-0.05, 0) is 12.5 Å². The third-order valence-corrected chi connectivity index (χ3v) is 1.53. The number of aryl methyl sites for hydroxylation is 1. The molecule has 12 heavy (non-hydrogen) atoms. The topological polar surface area (TPSA) is 54.7 Å². The second-order valence-corrected chi connectivity index (χ2v) is 2.33. The fourth-order valence-electron chi connectivity index (χ4n) is 0.850. The van der Waals surface area contributed by atoms with Gasteiger partial charge in [0.1, 0.15) is 0 Å². The number of methoxy groups -OCH3 is 1. The normalized spacial score (nSPS) is 10.5. The number of aromatic nitrogens is 1. The second kappa shape index (κ2) is 3.71. The molecule has 0 aromatic carbocycles. The van der Waals surface area contributed by atoms with Crippen LogP contribution in [0.3, 0.4) is 0 Å². The summed E-state index contributed by atoms with van der Waals surface area (Å²) in [6, 6.07) is 1.77. The van der Waals surface area contributed by atoms with Gasteiger partial charge < -0.3 is 9.94 Å². The lowest BCUT2D eigenvalue weighted by molar-refractivity contribution is 0.322. The molecule has 1 aromatic heterocycles. The van der Waals surface area contributed by atoms with Gasteiger partial charge in [-0.3, -0.25) is 0 Å². The molecule has 0 aliphatic carbocycles. The summed E-state index contributed by atoms with van der Waals surface area (Å²) in [5, 5.41) is 11.2. The molecule has 1 heterocycles. The summed E-state index contributed by atoms with van der Waals surface area (Å²) >= 11 is 0. The summed E-state index contributed by atoms with van der Waals surface area (Å²) in [5.41, 5.74) is 1.73. The van der Waals surface area contributed by atoms with Gasteiger partial charge >= 0.3 is 0 Å². The van der Waals surface area contributed by atoms with Crippen molar-refractivity contribution in [3.8, 4) is 5.88 Å². The molecule has 0 saturated carbocycles. The van der Waals surface area contributed by atoms with Crippen molar-refractivity contribution in [3.05, 3.63) is 23.4 Å². The van der Waals surface area contributed by atoms with E-state index < -0.39 is 0 Å². The van der Waals surface area contributed by atoms with Crippen LogP contribution in [0.1, 0.15) is 11.1 Å². The van der Waals surface area contributed by atoms with E-state index in [1.54, 1.807) is 19.4 Å². The first kappa shape index (κ1) is 8.52. The van der Waals surface area contributed by atoms with Gasteiger partial charge in [0.25, 0.3) is 0 Å². The summed E-state index contributed by atoms with van der Waals surface area (Å²) in [6.45, 7) is 1.89.